The molecule has 152 valence electrons. The van der Waals surface area contributed by atoms with Gasteiger partial charge in [-0.1, -0.05) is 23.8 Å². The van der Waals surface area contributed by atoms with Gasteiger partial charge in [-0.3, -0.25) is 0 Å². The number of fused-ring (bicyclic) bond motifs is 1. The van der Waals surface area contributed by atoms with Crippen molar-refractivity contribution in [2.75, 3.05) is 6.79 Å². The lowest BCUT2D eigenvalue weighted by atomic mass is 10.0. The summed E-state index contributed by atoms with van der Waals surface area (Å²) < 4.78 is 37.3. The summed E-state index contributed by atoms with van der Waals surface area (Å²) in [6.07, 6.45) is 4.57. The van der Waals surface area contributed by atoms with Gasteiger partial charge in [0.25, 0.3) is 10.0 Å². The highest BCUT2D eigenvalue weighted by atomic mass is 32.2. The molecular weight excluding hydrogens is 390 g/mol. The zero-order valence-electron chi connectivity index (χ0n) is 16.1. The van der Waals surface area contributed by atoms with Crippen LogP contribution in [0.4, 0.5) is 0 Å². The predicted molar refractivity (Wildman–Crippen MR) is 109 cm³/mol. The van der Waals surface area contributed by atoms with E-state index in [-0.39, 0.29) is 11.7 Å². The van der Waals surface area contributed by atoms with Gasteiger partial charge in [-0.2, -0.15) is 0 Å². The number of aliphatic hydroxyl groups is 1. The Kier molecular flexibility index (Phi) is 5.34. The maximum absolute atomic E-state index is 12.7. The quantitative estimate of drug-likeness (QED) is 0.637. The molecule has 1 aliphatic rings. The Hall–Kier alpha value is -2.77. The average Bonchev–Trinajstić information content (AvgIpc) is 3.37. The summed E-state index contributed by atoms with van der Waals surface area (Å²) in [5.74, 6) is 1.34. The Morgan fingerprint density at radius 2 is 1.83 bits per heavy atom. The van der Waals surface area contributed by atoms with Crippen molar-refractivity contribution in [3.05, 3.63) is 77.6 Å². The van der Waals surface area contributed by atoms with Crippen LogP contribution in [0, 0.1) is 6.92 Å². The van der Waals surface area contributed by atoms with E-state index in [2.05, 4.69) is 0 Å². The highest BCUT2D eigenvalue weighted by molar-refractivity contribution is 7.90. The summed E-state index contributed by atoms with van der Waals surface area (Å²) in [7, 11) is -3.58. The molecule has 0 saturated heterocycles. The third kappa shape index (κ3) is 4.16. The van der Waals surface area contributed by atoms with Gasteiger partial charge in [0.05, 0.1) is 11.0 Å². The van der Waals surface area contributed by atoms with Gasteiger partial charge in [-0.15, -0.1) is 0 Å². The molecule has 0 bridgehead atoms. The number of hydrogen-bond acceptors (Lipinski definition) is 5. The smallest absolute Gasteiger partial charge is 0.267 e. The molecule has 4 rings (SSSR count). The molecule has 0 saturated carbocycles. The molecule has 1 atom stereocenters. The van der Waals surface area contributed by atoms with Crippen LogP contribution in [-0.4, -0.2) is 24.3 Å². The average molecular weight is 413 g/mol. The van der Waals surface area contributed by atoms with Gasteiger partial charge in [0.1, 0.15) is 0 Å². The van der Waals surface area contributed by atoms with Crippen LogP contribution in [0.3, 0.4) is 0 Å². The Morgan fingerprint density at radius 1 is 1.07 bits per heavy atom. The molecule has 0 radical (unpaired) electrons. The molecule has 29 heavy (non-hydrogen) atoms. The van der Waals surface area contributed by atoms with Crippen LogP contribution in [0.5, 0.6) is 11.5 Å². The number of aryl methyl sites for hydroxylation is 2. The first-order valence-electron chi connectivity index (χ1n) is 9.50. The molecule has 0 fully saturated rings. The van der Waals surface area contributed by atoms with Crippen molar-refractivity contribution in [1.29, 1.82) is 0 Å². The van der Waals surface area contributed by atoms with E-state index in [1.54, 1.807) is 54.9 Å². The number of ether oxygens (including phenoxy) is 2. The van der Waals surface area contributed by atoms with Gasteiger partial charge < -0.3 is 14.6 Å². The van der Waals surface area contributed by atoms with Crippen LogP contribution in [0.15, 0.2) is 65.8 Å². The summed E-state index contributed by atoms with van der Waals surface area (Å²) in [6, 6.07) is 14.1. The largest absolute Gasteiger partial charge is 0.454 e. The van der Waals surface area contributed by atoms with Crippen LogP contribution < -0.4 is 9.47 Å². The summed E-state index contributed by atoms with van der Waals surface area (Å²) in [5, 5.41) is 10.4. The molecule has 6 nitrogen and oxygen atoms in total. The lowest BCUT2D eigenvalue weighted by Gasteiger charge is -2.11. The van der Waals surface area contributed by atoms with Crippen LogP contribution in [0.1, 0.15) is 35.6 Å². The van der Waals surface area contributed by atoms with E-state index < -0.39 is 16.1 Å². The second-order valence-corrected chi connectivity index (χ2v) is 9.03. The molecule has 2 aromatic carbocycles. The highest BCUT2D eigenvalue weighted by Gasteiger charge is 2.18. The van der Waals surface area contributed by atoms with E-state index in [1.807, 2.05) is 13.0 Å². The van der Waals surface area contributed by atoms with Crippen molar-refractivity contribution in [3.63, 3.8) is 0 Å². The molecule has 0 amide bonds. The Bertz CT molecular complexity index is 1100. The van der Waals surface area contributed by atoms with Crippen LogP contribution >= 0.6 is 0 Å². The fraction of sp³-hybridized carbons (Fsp3) is 0.273. The Balaban J connectivity index is 1.36. The number of aliphatic hydroxyl groups excluding tert-OH is 1. The first-order chi connectivity index (χ1) is 13.9. The van der Waals surface area contributed by atoms with Gasteiger partial charge >= 0.3 is 0 Å². The van der Waals surface area contributed by atoms with Crippen molar-refractivity contribution in [2.24, 2.45) is 0 Å². The molecule has 1 N–H and O–H groups in total. The molecule has 0 spiro atoms. The van der Waals surface area contributed by atoms with Crippen molar-refractivity contribution in [2.45, 2.75) is 37.2 Å². The van der Waals surface area contributed by atoms with Gasteiger partial charge in [0.15, 0.2) is 11.5 Å². The maximum Gasteiger partial charge on any atom is 0.267 e. The minimum atomic E-state index is -3.58. The molecule has 3 aromatic rings. The second kappa shape index (κ2) is 7.93. The van der Waals surface area contributed by atoms with Gasteiger partial charge in [-0.05, 0) is 67.6 Å². The second-order valence-electron chi connectivity index (χ2n) is 7.19. The first-order valence-corrected chi connectivity index (χ1v) is 10.9. The van der Waals surface area contributed by atoms with E-state index >= 15 is 0 Å². The molecule has 1 aromatic heterocycles. The molecule has 0 aliphatic carbocycles. The molecule has 2 heterocycles. The van der Waals surface area contributed by atoms with Crippen molar-refractivity contribution < 1.29 is 23.0 Å². The molecule has 1 unspecified atom stereocenters. The predicted octanol–water partition coefficient (Wildman–Crippen LogP) is 3.82. The first kappa shape index (κ1) is 19.5. The number of aromatic nitrogens is 1. The van der Waals surface area contributed by atoms with Crippen molar-refractivity contribution >= 4 is 10.0 Å². The fourth-order valence-corrected chi connectivity index (χ4v) is 4.55. The highest BCUT2D eigenvalue weighted by Crippen LogP contribution is 2.35. The lowest BCUT2D eigenvalue weighted by Crippen LogP contribution is -2.10. The van der Waals surface area contributed by atoms with E-state index in [1.165, 1.54) is 3.97 Å². The van der Waals surface area contributed by atoms with E-state index in [9.17, 15) is 13.5 Å². The van der Waals surface area contributed by atoms with Crippen LogP contribution in [0.25, 0.3) is 0 Å². The third-order valence-corrected chi connectivity index (χ3v) is 6.70. The number of rotatable bonds is 7. The summed E-state index contributed by atoms with van der Waals surface area (Å²) >= 11 is 0. The Labute approximate surface area is 170 Å². The van der Waals surface area contributed by atoms with Gasteiger partial charge in [0, 0.05) is 12.4 Å². The fourth-order valence-electron chi connectivity index (χ4n) is 3.33. The maximum atomic E-state index is 12.7. The monoisotopic (exact) mass is 413 g/mol. The molecule has 1 aliphatic heterocycles. The topological polar surface area (TPSA) is 77.8 Å². The zero-order valence-corrected chi connectivity index (χ0v) is 16.9. The van der Waals surface area contributed by atoms with Crippen molar-refractivity contribution in [1.82, 2.24) is 3.97 Å². The van der Waals surface area contributed by atoms with Crippen LogP contribution in [0.2, 0.25) is 0 Å². The minimum absolute atomic E-state index is 0.206. The SMILES string of the molecule is Cc1ccc(S(=O)(=O)n2ccc(CCCC(O)c3ccc4c(c3)OCO4)c2)cc1. The standard InChI is InChI=1S/C22H23NO5S/c1-16-5-8-19(9-6-16)29(25,26)23-12-11-17(14-23)3-2-4-20(24)18-7-10-21-22(13-18)28-15-27-21/h5-14,20,24H,2-4,15H2,1H3. The van der Waals surface area contributed by atoms with Gasteiger partial charge in [-0.25, -0.2) is 12.4 Å². The van der Waals surface area contributed by atoms with E-state index in [0.717, 1.165) is 23.1 Å². The summed E-state index contributed by atoms with van der Waals surface area (Å²) in [6.45, 7) is 2.12. The normalized spacial score (nSPS) is 14.1. The van der Waals surface area contributed by atoms with Crippen molar-refractivity contribution in [3.8, 4) is 11.5 Å². The molecular formula is C22H23NO5S. The lowest BCUT2D eigenvalue weighted by molar-refractivity contribution is 0.163. The van der Waals surface area contributed by atoms with Gasteiger partial charge in [0.2, 0.25) is 6.79 Å². The zero-order chi connectivity index (χ0) is 20.4. The minimum Gasteiger partial charge on any atom is -0.454 e. The third-order valence-electron chi connectivity index (χ3n) is 5.05. The number of hydrogen-bond donors (Lipinski definition) is 1. The number of benzene rings is 2. The van der Waals surface area contributed by atoms with Crippen LogP contribution in [-0.2, 0) is 16.4 Å². The molecule has 7 heteroatoms. The summed E-state index contributed by atoms with van der Waals surface area (Å²) in [4.78, 5) is 0.267. The summed E-state index contributed by atoms with van der Waals surface area (Å²) in [5.41, 5.74) is 2.71. The number of nitrogens with zero attached hydrogens (tertiary/aromatic N) is 1. The Morgan fingerprint density at radius 3 is 2.62 bits per heavy atom. The van der Waals surface area contributed by atoms with E-state index in [0.29, 0.717) is 24.3 Å². The van der Waals surface area contributed by atoms with E-state index in [4.69, 9.17) is 9.47 Å².